The van der Waals surface area contributed by atoms with Crippen molar-refractivity contribution in [1.29, 1.82) is 0 Å². The van der Waals surface area contributed by atoms with Crippen LogP contribution in [0, 0.1) is 13.8 Å². The van der Waals surface area contributed by atoms with Crippen LogP contribution in [0.3, 0.4) is 0 Å². The van der Waals surface area contributed by atoms with Gasteiger partial charge in [0.25, 0.3) is 0 Å². The summed E-state index contributed by atoms with van der Waals surface area (Å²) in [6.45, 7) is 5.78. The summed E-state index contributed by atoms with van der Waals surface area (Å²) >= 11 is 0. The predicted molar refractivity (Wildman–Crippen MR) is 95.3 cm³/mol. The molecule has 0 saturated heterocycles. The first-order chi connectivity index (χ1) is 12.0. The number of aryl methyl sites for hydroxylation is 2. The van der Waals surface area contributed by atoms with Crippen LogP contribution < -0.4 is 5.32 Å². The zero-order valence-corrected chi connectivity index (χ0v) is 14.5. The maximum absolute atomic E-state index is 12.8. The van der Waals surface area contributed by atoms with Gasteiger partial charge in [0.1, 0.15) is 5.76 Å². The van der Waals surface area contributed by atoms with Gasteiger partial charge in [0, 0.05) is 23.6 Å². The highest BCUT2D eigenvalue weighted by molar-refractivity contribution is 6.06. The lowest BCUT2D eigenvalue weighted by atomic mass is 9.77. The first-order valence-electron chi connectivity index (χ1n) is 8.27. The van der Waals surface area contributed by atoms with E-state index in [0.717, 1.165) is 39.4 Å². The van der Waals surface area contributed by atoms with Crippen LogP contribution in [0.25, 0.3) is 11.1 Å². The second-order valence-corrected chi connectivity index (χ2v) is 6.77. The predicted octanol–water partition coefficient (Wildman–Crippen LogP) is 3.81. The monoisotopic (exact) mass is 333 g/mol. The van der Waals surface area contributed by atoms with E-state index in [-0.39, 0.29) is 5.91 Å². The average Bonchev–Trinajstić information content (AvgIpc) is 3.07. The molecule has 1 aliphatic heterocycles. The van der Waals surface area contributed by atoms with Crippen LogP contribution in [0.2, 0.25) is 0 Å². The number of benzene rings is 1. The molecule has 4 rings (SSSR count). The largest absolute Gasteiger partial charge is 0.361 e. The number of rotatable bonds is 3. The number of nitrogens with zero attached hydrogens (tertiary/aromatic N) is 2. The Morgan fingerprint density at radius 3 is 2.72 bits per heavy atom. The topological polar surface area (TPSA) is 68.0 Å². The fourth-order valence-corrected chi connectivity index (χ4v) is 3.49. The number of aromatic nitrogens is 2. The zero-order valence-electron chi connectivity index (χ0n) is 14.5. The minimum absolute atomic E-state index is 0.00540. The van der Waals surface area contributed by atoms with Crippen LogP contribution >= 0.6 is 0 Å². The molecule has 1 N–H and O–H groups in total. The lowest BCUT2D eigenvalue weighted by molar-refractivity contribution is -0.120. The quantitative estimate of drug-likeness (QED) is 0.791. The van der Waals surface area contributed by atoms with E-state index in [1.165, 1.54) is 0 Å². The Kier molecular flexibility index (Phi) is 3.46. The lowest BCUT2D eigenvalue weighted by Gasteiger charge is -2.22. The Bertz CT molecular complexity index is 943. The molecule has 2 aromatic heterocycles. The highest BCUT2D eigenvalue weighted by Crippen LogP contribution is 2.42. The number of hydrogen-bond donors (Lipinski definition) is 1. The van der Waals surface area contributed by atoms with Gasteiger partial charge in [-0.3, -0.25) is 9.78 Å². The van der Waals surface area contributed by atoms with Crippen molar-refractivity contribution in [2.24, 2.45) is 0 Å². The molecule has 0 bridgehead atoms. The van der Waals surface area contributed by atoms with E-state index in [4.69, 9.17) is 4.52 Å². The second-order valence-electron chi connectivity index (χ2n) is 6.77. The highest BCUT2D eigenvalue weighted by atomic mass is 16.5. The van der Waals surface area contributed by atoms with Gasteiger partial charge < -0.3 is 9.84 Å². The van der Waals surface area contributed by atoms with Gasteiger partial charge in [0.15, 0.2) is 0 Å². The third-order valence-electron chi connectivity index (χ3n) is 5.07. The molecule has 1 aromatic carbocycles. The summed E-state index contributed by atoms with van der Waals surface area (Å²) in [4.78, 5) is 17.0. The number of carbonyl (C=O) groups is 1. The number of anilines is 1. The van der Waals surface area contributed by atoms with Crippen molar-refractivity contribution in [3.63, 3.8) is 0 Å². The van der Waals surface area contributed by atoms with Crippen molar-refractivity contribution in [3.8, 4) is 11.1 Å². The van der Waals surface area contributed by atoms with Gasteiger partial charge in [-0.15, -0.1) is 0 Å². The summed E-state index contributed by atoms with van der Waals surface area (Å²) in [5.41, 5.74) is 5.12. The molecule has 1 amide bonds. The van der Waals surface area contributed by atoms with E-state index in [1.807, 2.05) is 51.2 Å². The second kappa shape index (κ2) is 5.55. The third-order valence-corrected chi connectivity index (χ3v) is 5.07. The molecule has 0 spiro atoms. The number of fused-ring (bicyclic) bond motifs is 1. The molecule has 5 nitrogen and oxygen atoms in total. The molecule has 0 fully saturated rings. The van der Waals surface area contributed by atoms with Crippen LogP contribution in [0.1, 0.15) is 29.5 Å². The molecule has 0 saturated carbocycles. The van der Waals surface area contributed by atoms with Gasteiger partial charge in [-0.1, -0.05) is 17.3 Å². The number of carbonyl (C=O) groups excluding carboxylic acids is 1. The number of amides is 1. The van der Waals surface area contributed by atoms with E-state index in [0.29, 0.717) is 6.42 Å². The standard InChI is InChI=1S/C20H19N3O2/c1-12-16(13(2)25-23-12)10-20(3)17-9-14(15-5-4-8-21-11-15)6-7-18(17)22-19(20)24/h4-9,11H,10H2,1-3H3,(H,22,24). The first kappa shape index (κ1) is 15.6. The van der Waals surface area contributed by atoms with E-state index in [1.54, 1.807) is 6.20 Å². The molecule has 0 radical (unpaired) electrons. The molecule has 0 aliphatic carbocycles. The maximum Gasteiger partial charge on any atom is 0.235 e. The fraction of sp³-hybridized carbons (Fsp3) is 0.250. The van der Waals surface area contributed by atoms with Crippen LogP contribution in [0.15, 0.2) is 47.2 Å². The van der Waals surface area contributed by atoms with Gasteiger partial charge in [-0.25, -0.2) is 0 Å². The van der Waals surface area contributed by atoms with Crippen molar-refractivity contribution < 1.29 is 9.32 Å². The maximum atomic E-state index is 12.8. The third kappa shape index (κ3) is 2.43. The van der Waals surface area contributed by atoms with E-state index >= 15 is 0 Å². The van der Waals surface area contributed by atoms with Gasteiger partial charge >= 0.3 is 0 Å². The molecule has 1 aliphatic rings. The Morgan fingerprint density at radius 2 is 2.04 bits per heavy atom. The summed E-state index contributed by atoms with van der Waals surface area (Å²) in [6, 6.07) is 9.99. The Labute approximate surface area is 146 Å². The summed E-state index contributed by atoms with van der Waals surface area (Å²) in [5.74, 6) is 0.772. The average molecular weight is 333 g/mol. The van der Waals surface area contributed by atoms with Gasteiger partial charge in [0.2, 0.25) is 5.91 Å². The van der Waals surface area contributed by atoms with E-state index in [9.17, 15) is 4.79 Å². The summed E-state index contributed by atoms with van der Waals surface area (Å²) in [5, 5.41) is 7.03. The minimum atomic E-state index is -0.658. The molecule has 5 heteroatoms. The van der Waals surface area contributed by atoms with Crippen molar-refractivity contribution in [1.82, 2.24) is 10.1 Å². The summed E-state index contributed by atoms with van der Waals surface area (Å²) in [6.07, 6.45) is 4.14. The van der Waals surface area contributed by atoms with Crippen molar-refractivity contribution >= 4 is 11.6 Å². The van der Waals surface area contributed by atoms with Crippen molar-refractivity contribution in [2.75, 3.05) is 5.32 Å². The van der Waals surface area contributed by atoms with Crippen molar-refractivity contribution in [3.05, 3.63) is 65.3 Å². The summed E-state index contributed by atoms with van der Waals surface area (Å²) in [7, 11) is 0. The molecule has 126 valence electrons. The number of nitrogens with one attached hydrogen (secondary N) is 1. The minimum Gasteiger partial charge on any atom is -0.361 e. The van der Waals surface area contributed by atoms with Crippen LogP contribution in [-0.2, 0) is 16.6 Å². The molecule has 1 atom stereocenters. The van der Waals surface area contributed by atoms with Gasteiger partial charge in [-0.05, 0) is 62.1 Å². The first-order valence-corrected chi connectivity index (χ1v) is 8.27. The Hall–Kier alpha value is -2.95. The Morgan fingerprint density at radius 1 is 1.20 bits per heavy atom. The molecular weight excluding hydrogens is 314 g/mol. The highest BCUT2D eigenvalue weighted by Gasteiger charge is 2.43. The zero-order chi connectivity index (χ0) is 17.6. The van der Waals surface area contributed by atoms with Crippen LogP contribution in [0.4, 0.5) is 5.69 Å². The smallest absolute Gasteiger partial charge is 0.235 e. The molecular formula is C20H19N3O2. The van der Waals surface area contributed by atoms with Gasteiger partial charge in [0.05, 0.1) is 11.1 Å². The lowest BCUT2D eigenvalue weighted by Crippen LogP contribution is -2.33. The van der Waals surface area contributed by atoms with E-state index < -0.39 is 5.41 Å². The molecule has 1 unspecified atom stereocenters. The summed E-state index contributed by atoms with van der Waals surface area (Å²) < 4.78 is 5.28. The Balaban J connectivity index is 1.80. The number of pyridine rings is 1. The molecule has 25 heavy (non-hydrogen) atoms. The van der Waals surface area contributed by atoms with Crippen molar-refractivity contribution in [2.45, 2.75) is 32.6 Å². The molecule has 3 aromatic rings. The van der Waals surface area contributed by atoms with Gasteiger partial charge in [-0.2, -0.15) is 0 Å². The van der Waals surface area contributed by atoms with Crippen LogP contribution in [-0.4, -0.2) is 16.0 Å². The van der Waals surface area contributed by atoms with Crippen LogP contribution in [0.5, 0.6) is 0 Å². The van der Waals surface area contributed by atoms with E-state index in [2.05, 4.69) is 21.5 Å². The SMILES string of the molecule is Cc1noc(C)c1CC1(C)C(=O)Nc2ccc(-c3cccnc3)cc21. The normalized spacial score (nSPS) is 18.9. The molecule has 3 heterocycles. The number of hydrogen-bond acceptors (Lipinski definition) is 4. The fourth-order valence-electron chi connectivity index (χ4n) is 3.49.